The van der Waals surface area contributed by atoms with Crippen LogP contribution in [0.2, 0.25) is 0 Å². The molecular formula is C16H20ClF2N3O2. The summed E-state index contributed by atoms with van der Waals surface area (Å²) in [6, 6.07) is 2.74. The lowest BCUT2D eigenvalue weighted by molar-refractivity contribution is -0.125. The highest BCUT2D eigenvalue weighted by atomic mass is 35.5. The Balaban J connectivity index is 0.00000208. The normalized spacial score (nSPS) is 20.0. The van der Waals surface area contributed by atoms with Crippen LogP contribution >= 0.6 is 12.4 Å². The van der Waals surface area contributed by atoms with Gasteiger partial charge in [-0.1, -0.05) is 6.07 Å². The molecule has 1 atom stereocenters. The summed E-state index contributed by atoms with van der Waals surface area (Å²) in [6.07, 6.45) is 2.72. The molecule has 1 saturated heterocycles. The Morgan fingerprint density at radius 1 is 1.21 bits per heavy atom. The lowest BCUT2D eigenvalue weighted by Gasteiger charge is -2.18. The number of benzene rings is 1. The van der Waals surface area contributed by atoms with Gasteiger partial charge >= 0.3 is 0 Å². The smallest absolute Gasteiger partial charge is 0.249 e. The summed E-state index contributed by atoms with van der Waals surface area (Å²) in [5.74, 6) is -1.66. The third-order valence-electron chi connectivity index (χ3n) is 4.16. The van der Waals surface area contributed by atoms with Gasteiger partial charge in [0.1, 0.15) is 23.4 Å². The standard InChI is InChI=1S/C16H19F2N3O2.ClH/c17-11-2-1-3-12(18)15(11)21-7-6-13(16(21)23)20-14(22)9-19-8-10-4-5-10;/h1-3,10,13,19H,4-9H2,(H,20,22);1H. The lowest BCUT2D eigenvalue weighted by atomic mass is 10.2. The molecule has 1 saturated carbocycles. The molecule has 1 aliphatic heterocycles. The van der Waals surface area contributed by atoms with Crippen LogP contribution in [0.15, 0.2) is 18.2 Å². The van der Waals surface area contributed by atoms with E-state index in [1.54, 1.807) is 0 Å². The molecule has 1 unspecified atom stereocenters. The summed E-state index contributed by atoms with van der Waals surface area (Å²) < 4.78 is 27.6. The maximum Gasteiger partial charge on any atom is 0.249 e. The molecule has 1 aromatic rings. The van der Waals surface area contributed by atoms with Crippen molar-refractivity contribution in [2.75, 3.05) is 24.5 Å². The predicted molar refractivity (Wildman–Crippen MR) is 88.1 cm³/mol. The number of amides is 2. The Morgan fingerprint density at radius 3 is 2.50 bits per heavy atom. The second-order valence-electron chi connectivity index (χ2n) is 6.04. The quantitative estimate of drug-likeness (QED) is 0.811. The number of hydrogen-bond acceptors (Lipinski definition) is 3. The number of rotatable bonds is 6. The second-order valence-corrected chi connectivity index (χ2v) is 6.04. The number of halogens is 3. The first-order valence-electron chi connectivity index (χ1n) is 7.81. The molecule has 5 nitrogen and oxygen atoms in total. The highest BCUT2D eigenvalue weighted by Crippen LogP contribution is 2.28. The summed E-state index contributed by atoms with van der Waals surface area (Å²) in [4.78, 5) is 25.2. The first kappa shape index (κ1) is 18.6. The molecule has 0 radical (unpaired) electrons. The van der Waals surface area contributed by atoms with Crippen molar-refractivity contribution in [3.8, 4) is 0 Å². The first-order valence-corrected chi connectivity index (χ1v) is 7.81. The largest absolute Gasteiger partial charge is 0.343 e. The van der Waals surface area contributed by atoms with Gasteiger partial charge in [-0.2, -0.15) is 0 Å². The summed E-state index contributed by atoms with van der Waals surface area (Å²) in [5.41, 5.74) is -0.346. The Hall–Kier alpha value is -1.73. The van der Waals surface area contributed by atoms with Crippen LogP contribution < -0.4 is 15.5 Å². The number of anilines is 1. The topological polar surface area (TPSA) is 61.4 Å². The molecular weight excluding hydrogens is 340 g/mol. The van der Waals surface area contributed by atoms with E-state index >= 15 is 0 Å². The minimum Gasteiger partial charge on any atom is -0.343 e. The number of carbonyl (C=O) groups is 2. The Morgan fingerprint density at radius 2 is 1.88 bits per heavy atom. The fraction of sp³-hybridized carbons (Fsp3) is 0.500. The minimum atomic E-state index is -0.781. The van der Waals surface area contributed by atoms with Crippen LogP contribution in [0.3, 0.4) is 0 Å². The van der Waals surface area contributed by atoms with Crippen molar-refractivity contribution in [3.05, 3.63) is 29.8 Å². The summed E-state index contributed by atoms with van der Waals surface area (Å²) in [7, 11) is 0. The summed E-state index contributed by atoms with van der Waals surface area (Å²) >= 11 is 0. The van der Waals surface area contributed by atoms with Crippen molar-refractivity contribution in [2.45, 2.75) is 25.3 Å². The molecule has 0 spiro atoms. The van der Waals surface area contributed by atoms with E-state index in [2.05, 4.69) is 10.6 Å². The van der Waals surface area contributed by atoms with E-state index in [1.807, 2.05) is 0 Å². The molecule has 2 fully saturated rings. The van der Waals surface area contributed by atoms with Gasteiger partial charge in [0.15, 0.2) is 0 Å². The maximum absolute atomic E-state index is 13.8. The van der Waals surface area contributed by atoms with E-state index in [1.165, 1.54) is 18.9 Å². The van der Waals surface area contributed by atoms with Gasteiger partial charge < -0.3 is 15.5 Å². The van der Waals surface area contributed by atoms with Gasteiger partial charge in [0, 0.05) is 6.54 Å². The zero-order valence-corrected chi connectivity index (χ0v) is 13.9. The number of nitrogens with one attached hydrogen (secondary N) is 2. The van der Waals surface area contributed by atoms with Crippen molar-refractivity contribution in [2.24, 2.45) is 5.92 Å². The van der Waals surface area contributed by atoms with Crippen LogP contribution in [0, 0.1) is 17.6 Å². The van der Waals surface area contributed by atoms with E-state index in [0.717, 1.165) is 23.6 Å². The summed E-state index contributed by atoms with van der Waals surface area (Å²) in [6.45, 7) is 1.13. The number of carbonyl (C=O) groups excluding carboxylic acids is 2. The van der Waals surface area contributed by atoms with Gasteiger partial charge in [-0.25, -0.2) is 8.78 Å². The molecule has 2 aliphatic rings. The first-order chi connectivity index (χ1) is 11.1. The molecule has 1 aromatic carbocycles. The molecule has 0 bridgehead atoms. The third-order valence-corrected chi connectivity index (χ3v) is 4.16. The van der Waals surface area contributed by atoms with Crippen LogP contribution in [0.5, 0.6) is 0 Å². The van der Waals surface area contributed by atoms with Gasteiger partial charge in [-0.3, -0.25) is 9.59 Å². The van der Waals surface area contributed by atoms with Crippen LogP contribution in [-0.4, -0.2) is 37.5 Å². The van der Waals surface area contributed by atoms with Gasteiger partial charge in [-0.05, 0) is 43.9 Å². The van der Waals surface area contributed by atoms with Gasteiger partial charge in [0.25, 0.3) is 0 Å². The monoisotopic (exact) mass is 359 g/mol. The van der Waals surface area contributed by atoms with Crippen LogP contribution in [0.1, 0.15) is 19.3 Å². The average Bonchev–Trinajstić information content (AvgIpc) is 3.26. The Bertz CT molecular complexity index is 605. The van der Waals surface area contributed by atoms with Crippen molar-refractivity contribution in [3.63, 3.8) is 0 Å². The van der Waals surface area contributed by atoms with Crippen LogP contribution in [0.25, 0.3) is 0 Å². The molecule has 1 aliphatic carbocycles. The average molecular weight is 360 g/mol. The van der Waals surface area contributed by atoms with Crippen LogP contribution in [0.4, 0.5) is 14.5 Å². The zero-order chi connectivity index (χ0) is 16.4. The van der Waals surface area contributed by atoms with Gasteiger partial charge in [0.2, 0.25) is 11.8 Å². The molecule has 2 amide bonds. The van der Waals surface area contributed by atoms with Crippen molar-refractivity contribution >= 4 is 29.9 Å². The van der Waals surface area contributed by atoms with E-state index in [0.29, 0.717) is 12.3 Å². The lowest BCUT2D eigenvalue weighted by Crippen LogP contribution is -2.45. The van der Waals surface area contributed by atoms with Crippen molar-refractivity contribution < 1.29 is 18.4 Å². The minimum absolute atomic E-state index is 0. The van der Waals surface area contributed by atoms with Crippen molar-refractivity contribution in [1.82, 2.24) is 10.6 Å². The number of nitrogens with zero attached hydrogens (tertiary/aromatic N) is 1. The molecule has 2 N–H and O–H groups in total. The van der Waals surface area contributed by atoms with Crippen LogP contribution in [-0.2, 0) is 9.59 Å². The predicted octanol–water partition coefficient (Wildman–Crippen LogP) is 1.61. The molecule has 132 valence electrons. The number of hydrogen-bond donors (Lipinski definition) is 2. The molecule has 8 heteroatoms. The molecule has 1 heterocycles. The van der Waals surface area contributed by atoms with E-state index in [9.17, 15) is 18.4 Å². The van der Waals surface area contributed by atoms with E-state index in [4.69, 9.17) is 0 Å². The summed E-state index contributed by atoms with van der Waals surface area (Å²) in [5, 5.41) is 5.66. The SMILES string of the molecule is Cl.O=C(CNCC1CC1)NC1CCN(c2c(F)cccc2F)C1=O. The Labute approximate surface area is 145 Å². The zero-order valence-electron chi connectivity index (χ0n) is 13.1. The van der Waals surface area contributed by atoms with E-state index < -0.39 is 23.6 Å². The van der Waals surface area contributed by atoms with Gasteiger partial charge in [-0.15, -0.1) is 12.4 Å². The fourth-order valence-corrected chi connectivity index (χ4v) is 2.74. The van der Waals surface area contributed by atoms with Crippen molar-refractivity contribution in [1.29, 1.82) is 0 Å². The highest BCUT2D eigenvalue weighted by molar-refractivity contribution is 6.01. The molecule has 24 heavy (non-hydrogen) atoms. The van der Waals surface area contributed by atoms with E-state index in [-0.39, 0.29) is 37.1 Å². The molecule has 3 rings (SSSR count). The maximum atomic E-state index is 13.8. The fourth-order valence-electron chi connectivity index (χ4n) is 2.74. The highest BCUT2D eigenvalue weighted by Gasteiger charge is 2.36. The third kappa shape index (κ3) is 4.21. The van der Waals surface area contributed by atoms with Gasteiger partial charge in [0.05, 0.1) is 6.54 Å². The number of para-hydroxylation sites is 1. The second kappa shape index (κ2) is 7.90. The molecule has 0 aromatic heterocycles. The Kier molecular flexibility index (Phi) is 6.12.